The van der Waals surface area contributed by atoms with Gasteiger partial charge in [-0.25, -0.2) is 4.79 Å². The lowest BCUT2D eigenvalue weighted by Gasteiger charge is -2.53. The molecule has 1 fully saturated rings. The van der Waals surface area contributed by atoms with E-state index in [1.165, 1.54) is 14.2 Å². The van der Waals surface area contributed by atoms with E-state index < -0.39 is 46.9 Å². The highest BCUT2D eigenvalue weighted by Gasteiger charge is 2.50. The summed E-state index contributed by atoms with van der Waals surface area (Å²) in [6.07, 6.45) is -0.128. The van der Waals surface area contributed by atoms with Crippen molar-refractivity contribution in [1.29, 1.82) is 0 Å². The Hall–Kier alpha value is -1.67. The highest BCUT2D eigenvalue weighted by molar-refractivity contribution is 5.77. The lowest BCUT2D eigenvalue weighted by Crippen LogP contribution is -2.62. The zero-order valence-electron chi connectivity index (χ0n) is 16.7. The van der Waals surface area contributed by atoms with Crippen LogP contribution in [0.15, 0.2) is 0 Å². The molecule has 8 nitrogen and oxygen atoms in total. The number of hydrogen-bond donors (Lipinski definition) is 1. The Morgan fingerprint density at radius 1 is 1.04 bits per heavy atom. The maximum absolute atomic E-state index is 12.2. The summed E-state index contributed by atoms with van der Waals surface area (Å²) in [4.78, 5) is 41.4. The van der Waals surface area contributed by atoms with Crippen LogP contribution >= 0.6 is 0 Å². The number of carbonyl (C=O) groups excluding carboxylic acids is 2. The molecule has 0 aromatic heterocycles. The van der Waals surface area contributed by atoms with Crippen molar-refractivity contribution in [3.63, 3.8) is 0 Å². The van der Waals surface area contributed by atoms with Gasteiger partial charge in [0.25, 0.3) is 0 Å². The Balaban J connectivity index is 3.06. The molecule has 8 heteroatoms. The lowest BCUT2D eigenvalue weighted by molar-refractivity contribution is -0.309. The van der Waals surface area contributed by atoms with E-state index in [9.17, 15) is 19.5 Å². The van der Waals surface area contributed by atoms with Crippen molar-refractivity contribution in [3.05, 3.63) is 0 Å². The van der Waals surface area contributed by atoms with Crippen molar-refractivity contribution in [2.24, 2.45) is 11.8 Å². The van der Waals surface area contributed by atoms with Gasteiger partial charge in [-0.2, -0.15) is 5.06 Å². The molecule has 1 saturated heterocycles. The smallest absolute Gasteiger partial charge is 0.337 e. The van der Waals surface area contributed by atoms with Gasteiger partial charge in [0.1, 0.15) is 0 Å². The Bertz CT molecular complexity index is 526. The summed E-state index contributed by atoms with van der Waals surface area (Å²) in [6, 6.07) is 0. The second-order valence-electron chi connectivity index (χ2n) is 8.14. The Morgan fingerprint density at radius 2 is 1.50 bits per heavy atom. The summed E-state index contributed by atoms with van der Waals surface area (Å²) in [5.74, 6) is -2.91. The molecule has 1 N–H and O–H groups in total. The minimum atomic E-state index is -0.992. The molecule has 2 unspecified atom stereocenters. The van der Waals surface area contributed by atoms with E-state index in [0.29, 0.717) is 12.8 Å². The fourth-order valence-electron chi connectivity index (χ4n) is 3.78. The van der Waals surface area contributed by atoms with Crippen molar-refractivity contribution in [3.8, 4) is 0 Å². The number of nitrogens with zero attached hydrogens (tertiary/aromatic N) is 1. The fraction of sp³-hybridized carbons (Fsp3) is 0.833. The van der Waals surface area contributed by atoms with Crippen molar-refractivity contribution >= 4 is 17.9 Å². The number of esters is 2. The van der Waals surface area contributed by atoms with Crippen LogP contribution in [0.3, 0.4) is 0 Å². The largest absolute Gasteiger partial charge is 0.481 e. The van der Waals surface area contributed by atoms with Crippen molar-refractivity contribution in [2.45, 2.75) is 71.1 Å². The summed E-state index contributed by atoms with van der Waals surface area (Å²) < 4.78 is 9.54. The predicted molar refractivity (Wildman–Crippen MR) is 93.0 cm³/mol. The van der Waals surface area contributed by atoms with E-state index in [-0.39, 0.29) is 6.42 Å². The van der Waals surface area contributed by atoms with Crippen LogP contribution in [-0.4, -0.2) is 59.5 Å². The Labute approximate surface area is 154 Å². The van der Waals surface area contributed by atoms with Gasteiger partial charge in [0.05, 0.1) is 26.1 Å². The van der Waals surface area contributed by atoms with Crippen LogP contribution < -0.4 is 0 Å². The van der Waals surface area contributed by atoms with E-state index in [2.05, 4.69) is 0 Å². The second kappa shape index (κ2) is 8.35. The molecule has 0 amide bonds. The van der Waals surface area contributed by atoms with E-state index >= 15 is 0 Å². The molecule has 1 aliphatic rings. The molecule has 1 heterocycles. The summed E-state index contributed by atoms with van der Waals surface area (Å²) >= 11 is 0. The van der Waals surface area contributed by atoms with Crippen LogP contribution in [0.25, 0.3) is 0 Å². The van der Waals surface area contributed by atoms with Gasteiger partial charge in [-0.05, 0) is 47.0 Å². The van der Waals surface area contributed by atoms with E-state index in [1.807, 2.05) is 27.7 Å². The van der Waals surface area contributed by atoms with E-state index in [0.717, 1.165) is 0 Å². The molecule has 150 valence electrons. The number of methoxy groups -OCH3 is 2. The minimum absolute atomic E-state index is 0.102. The van der Waals surface area contributed by atoms with Gasteiger partial charge in [-0.3, -0.25) is 14.4 Å². The first kappa shape index (κ1) is 22.4. The van der Waals surface area contributed by atoms with Crippen LogP contribution in [0.2, 0.25) is 0 Å². The maximum atomic E-state index is 12.2. The second-order valence-corrected chi connectivity index (χ2v) is 8.14. The maximum Gasteiger partial charge on any atom is 0.337 e. The predicted octanol–water partition coefficient (Wildman–Crippen LogP) is 2.01. The molecule has 2 atom stereocenters. The summed E-state index contributed by atoms with van der Waals surface area (Å²) in [5, 5.41) is 11.1. The molecule has 0 bridgehead atoms. The average Bonchev–Trinajstić information content (AvgIpc) is 2.54. The molecule has 1 rings (SSSR count). The first-order valence-corrected chi connectivity index (χ1v) is 8.71. The number of aliphatic carboxylic acids is 1. The van der Waals surface area contributed by atoms with Gasteiger partial charge >= 0.3 is 17.9 Å². The molecule has 0 aromatic carbocycles. The summed E-state index contributed by atoms with van der Waals surface area (Å²) in [6.45, 7) is 9.16. The van der Waals surface area contributed by atoms with Gasteiger partial charge in [-0.15, -0.1) is 0 Å². The van der Waals surface area contributed by atoms with Crippen LogP contribution in [0, 0.1) is 11.8 Å². The Kier molecular flexibility index (Phi) is 7.18. The highest BCUT2D eigenvalue weighted by Crippen LogP contribution is 2.42. The number of rotatable bonds is 7. The summed E-state index contributed by atoms with van der Waals surface area (Å²) in [7, 11) is 2.55. The Morgan fingerprint density at radius 3 is 1.88 bits per heavy atom. The third kappa shape index (κ3) is 5.17. The van der Waals surface area contributed by atoms with Crippen molar-refractivity contribution in [1.82, 2.24) is 5.06 Å². The van der Waals surface area contributed by atoms with Gasteiger partial charge in [-0.1, -0.05) is 6.92 Å². The monoisotopic (exact) mass is 373 g/mol. The summed E-state index contributed by atoms with van der Waals surface area (Å²) in [5.41, 5.74) is -1.24. The zero-order chi connectivity index (χ0) is 20.3. The first-order chi connectivity index (χ1) is 11.9. The van der Waals surface area contributed by atoms with Gasteiger partial charge < -0.3 is 14.6 Å². The molecular weight excluding hydrogens is 342 g/mol. The number of hydrogen-bond acceptors (Lipinski definition) is 7. The normalized spacial score (nSPS) is 22.3. The van der Waals surface area contributed by atoms with Crippen LogP contribution in [0.5, 0.6) is 0 Å². The number of carbonyl (C=O) groups is 3. The quantitative estimate of drug-likeness (QED) is 0.676. The van der Waals surface area contributed by atoms with Crippen molar-refractivity contribution < 1.29 is 33.8 Å². The van der Waals surface area contributed by atoms with Crippen molar-refractivity contribution in [2.75, 3.05) is 14.2 Å². The third-order valence-corrected chi connectivity index (χ3v) is 4.81. The molecule has 0 spiro atoms. The first-order valence-electron chi connectivity index (χ1n) is 8.71. The minimum Gasteiger partial charge on any atom is -0.481 e. The fourth-order valence-corrected chi connectivity index (χ4v) is 3.78. The van der Waals surface area contributed by atoms with E-state index in [4.69, 9.17) is 14.3 Å². The molecule has 1 aliphatic heterocycles. The average molecular weight is 373 g/mol. The van der Waals surface area contributed by atoms with Crippen LogP contribution in [0.1, 0.15) is 53.9 Å². The molecular formula is C18H31NO7. The number of piperidine rings is 1. The van der Waals surface area contributed by atoms with Gasteiger partial charge in [0, 0.05) is 11.1 Å². The molecule has 0 saturated carbocycles. The molecule has 0 aromatic rings. The number of ether oxygens (including phenoxy) is 2. The number of carboxylic acids is 1. The van der Waals surface area contributed by atoms with Gasteiger partial charge in [0.15, 0.2) is 6.10 Å². The van der Waals surface area contributed by atoms with Crippen LogP contribution in [-0.2, 0) is 28.7 Å². The van der Waals surface area contributed by atoms with Crippen LogP contribution in [0.4, 0.5) is 0 Å². The zero-order valence-corrected chi connectivity index (χ0v) is 16.7. The molecule has 0 aliphatic carbocycles. The third-order valence-electron chi connectivity index (χ3n) is 4.81. The SMILES string of the molecule is COC(=O)C(C)CC(ON1C(C)(C)CC(C(=O)O)CC1(C)C)C(=O)OC. The molecule has 0 radical (unpaired) electrons. The molecule has 26 heavy (non-hydrogen) atoms. The van der Waals surface area contributed by atoms with Gasteiger partial charge in [0.2, 0.25) is 0 Å². The lowest BCUT2D eigenvalue weighted by atomic mass is 9.75. The number of carboxylic acid groups (broad SMARTS) is 1. The standard InChI is InChI=1S/C18H31NO7/c1-11(15(22)24-6)8-13(16(23)25-7)26-19-17(2,3)9-12(14(20)21)10-18(19,4)5/h11-13H,8-10H2,1-7H3,(H,20,21). The van der Waals surface area contributed by atoms with E-state index in [1.54, 1.807) is 12.0 Å². The highest BCUT2D eigenvalue weighted by atomic mass is 16.7. The number of hydroxylamine groups is 2. The topological polar surface area (TPSA) is 102 Å².